The van der Waals surface area contributed by atoms with E-state index in [-0.39, 0.29) is 17.9 Å². The lowest BCUT2D eigenvalue weighted by Gasteiger charge is -2.44. The number of halogens is 1. The van der Waals surface area contributed by atoms with Crippen molar-refractivity contribution in [1.29, 1.82) is 0 Å². The summed E-state index contributed by atoms with van der Waals surface area (Å²) in [6.45, 7) is 5.11. The summed E-state index contributed by atoms with van der Waals surface area (Å²) in [6, 6.07) is 20.4. The summed E-state index contributed by atoms with van der Waals surface area (Å²) in [6.07, 6.45) is 9.69. The van der Waals surface area contributed by atoms with E-state index in [0.717, 1.165) is 65.4 Å². The molecule has 1 aromatic heterocycles. The minimum absolute atomic E-state index is 0.111. The molecule has 5 nitrogen and oxygen atoms in total. The van der Waals surface area contributed by atoms with Crippen LogP contribution in [0.3, 0.4) is 0 Å². The molecule has 0 bridgehead atoms. The molecular weight excluding hydrogens is 489 g/mol. The zero-order valence-electron chi connectivity index (χ0n) is 22.2. The molecule has 198 valence electrons. The molecule has 0 unspecified atom stereocenters. The van der Waals surface area contributed by atoms with Gasteiger partial charge in [0.15, 0.2) is 0 Å². The number of fused-ring (bicyclic) bond motifs is 1. The number of aromatic nitrogens is 2. The fourth-order valence-corrected chi connectivity index (χ4v) is 5.84. The van der Waals surface area contributed by atoms with Crippen molar-refractivity contribution in [2.24, 2.45) is 0 Å². The molecule has 0 amide bonds. The van der Waals surface area contributed by atoms with E-state index >= 15 is 4.39 Å². The van der Waals surface area contributed by atoms with Crippen molar-refractivity contribution in [2.45, 2.75) is 57.7 Å². The highest BCUT2D eigenvalue weighted by Crippen LogP contribution is 2.45. The second-order valence-corrected chi connectivity index (χ2v) is 10.7. The molecule has 2 aliphatic rings. The molecule has 1 saturated carbocycles. The number of hydrogen-bond donors (Lipinski definition) is 1. The molecule has 1 fully saturated rings. The van der Waals surface area contributed by atoms with Crippen molar-refractivity contribution in [3.63, 3.8) is 0 Å². The van der Waals surface area contributed by atoms with Crippen LogP contribution in [0, 0.1) is 5.82 Å². The molecule has 0 saturated heterocycles. The van der Waals surface area contributed by atoms with Crippen LogP contribution >= 0.6 is 0 Å². The lowest BCUT2D eigenvalue weighted by Crippen LogP contribution is -2.43. The average Bonchev–Trinajstić information content (AvgIpc) is 3.66. The van der Waals surface area contributed by atoms with Gasteiger partial charge in [0.1, 0.15) is 5.82 Å². The number of benzene rings is 3. The Bertz CT molecular complexity index is 1550. The van der Waals surface area contributed by atoms with Gasteiger partial charge in [0.05, 0.1) is 12.2 Å². The van der Waals surface area contributed by atoms with Gasteiger partial charge >= 0.3 is 5.97 Å². The van der Waals surface area contributed by atoms with Crippen molar-refractivity contribution >= 4 is 17.7 Å². The summed E-state index contributed by atoms with van der Waals surface area (Å²) in [4.78, 5) is 13.3. The van der Waals surface area contributed by atoms with Gasteiger partial charge in [0.25, 0.3) is 0 Å². The van der Waals surface area contributed by atoms with E-state index in [0.29, 0.717) is 5.92 Å². The van der Waals surface area contributed by atoms with Crippen LogP contribution in [0.4, 0.5) is 10.1 Å². The lowest BCUT2D eigenvalue weighted by atomic mass is 9.83. The van der Waals surface area contributed by atoms with Gasteiger partial charge in [-0.25, -0.2) is 9.18 Å². The first-order chi connectivity index (χ1) is 18.9. The molecule has 2 atom stereocenters. The second-order valence-electron chi connectivity index (χ2n) is 10.7. The van der Waals surface area contributed by atoms with Crippen molar-refractivity contribution in [1.82, 2.24) is 9.78 Å². The van der Waals surface area contributed by atoms with Crippen LogP contribution in [0.5, 0.6) is 0 Å². The lowest BCUT2D eigenvalue weighted by molar-refractivity contribution is -0.131. The quantitative estimate of drug-likeness (QED) is 0.261. The number of rotatable bonds is 7. The SMILES string of the molecule is CCn1cc(-c2ccc3c(c2)C[C@H](C)N(c2ccc(C4CC4)c(F)c2)[C@H]3c2ccc(/C=C/C(=O)O)cc2)cn1. The molecule has 1 N–H and O–H groups in total. The van der Waals surface area contributed by atoms with E-state index in [1.54, 1.807) is 12.1 Å². The number of carboxylic acid groups (broad SMARTS) is 1. The van der Waals surface area contributed by atoms with Gasteiger partial charge in [-0.1, -0.05) is 48.5 Å². The van der Waals surface area contributed by atoms with Crippen molar-refractivity contribution in [3.05, 3.63) is 113 Å². The number of carbonyl (C=O) groups is 1. The average molecular weight is 522 g/mol. The summed E-state index contributed by atoms with van der Waals surface area (Å²) in [5, 5.41) is 13.5. The maximum absolute atomic E-state index is 15.2. The predicted octanol–water partition coefficient (Wildman–Crippen LogP) is 7.22. The minimum atomic E-state index is -0.975. The standard InChI is InChI=1S/C33H32FN3O2/c1-3-36-20-27(19-35-36)25-11-13-30-26(17-25)16-21(2)37(28-12-14-29(23-9-10-23)31(34)18-28)33(30)24-7-4-22(5-8-24)6-15-32(38)39/h4-8,11-15,17-21,23,33H,3,9-10,16H2,1-2H3,(H,38,39)/b15-6+/t21-,33-/m0/s1. The first-order valence-corrected chi connectivity index (χ1v) is 13.7. The molecule has 3 aromatic carbocycles. The number of anilines is 1. The molecule has 1 aliphatic carbocycles. The van der Waals surface area contributed by atoms with E-state index in [1.165, 1.54) is 11.1 Å². The number of aryl methyl sites for hydroxylation is 1. The van der Waals surface area contributed by atoms with E-state index in [1.807, 2.05) is 29.1 Å². The fourth-order valence-electron chi connectivity index (χ4n) is 5.84. The highest BCUT2D eigenvalue weighted by molar-refractivity contribution is 5.85. The summed E-state index contributed by atoms with van der Waals surface area (Å²) in [5.41, 5.74) is 8.31. The number of hydrogen-bond acceptors (Lipinski definition) is 3. The first-order valence-electron chi connectivity index (χ1n) is 13.7. The molecule has 4 aromatic rings. The molecule has 0 spiro atoms. The number of nitrogens with zero attached hydrogens (tertiary/aromatic N) is 3. The van der Waals surface area contributed by atoms with Gasteiger partial charge in [0, 0.05) is 36.1 Å². The third kappa shape index (κ3) is 4.99. The van der Waals surface area contributed by atoms with E-state index < -0.39 is 5.97 Å². The third-order valence-corrected chi connectivity index (χ3v) is 7.97. The molecule has 6 heteroatoms. The molecule has 1 aliphatic heterocycles. The predicted molar refractivity (Wildman–Crippen MR) is 152 cm³/mol. The van der Waals surface area contributed by atoms with Crippen LogP contribution in [0.25, 0.3) is 17.2 Å². The Morgan fingerprint density at radius 2 is 1.82 bits per heavy atom. The van der Waals surface area contributed by atoms with E-state index in [9.17, 15) is 4.79 Å². The highest BCUT2D eigenvalue weighted by atomic mass is 19.1. The number of carboxylic acids is 1. The Morgan fingerprint density at radius 1 is 1.05 bits per heavy atom. The van der Waals surface area contributed by atoms with Crippen LogP contribution in [-0.4, -0.2) is 26.9 Å². The molecule has 6 rings (SSSR count). The van der Waals surface area contributed by atoms with Crippen LogP contribution in [0.15, 0.2) is 79.1 Å². The molecule has 2 heterocycles. The van der Waals surface area contributed by atoms with E-state index in [2.05, 4.69) is 66.4 Å². The highest BCUT2D eigenvalue weighted by Gasteiger charge is 2.35. The van der Waals surface area contributed by atoms with Crippen molar-refractivity contribution in [2.75, 3.05) is 4.90 Å². The minimum Gasteiger partial charge on any atom is -0.478 e. The fraction of sp³-hybridized carbons (Fsp3) is 0.273. The molecular formula is C33H32FN3O2. The smallest absolute Gasteiger partial charge is 0.328 e. The van der Waals surface area contributed by atoms with Gasteiger partial charge < -0.3 is 10.0 Å². The summed E-state index contributed by atoms with van der Waals surface area (Å²) in [7, 11) is 0. The largest absolute Gasteiger partial charge is 0.478 e. The third-order valence-electron chi connectivity index (χ3n) is 7.97. The van der Waals surface area contributed by atoms with Gasteiger partial charge in [-0.2, -0.15) is 5.10 Å². The summed E-state index contributed by atoms with van der Waals surface area (Å²) < 4.78 is 17.2. The normalized spacial score (nSPS) is 18.9. The topological polar surface area (TPSA) is 58.4 Å². The van der Waals surface area contributed by atoms with Crippen LogP contribution in [0.1, 0.15) is 66.5 Å². The maximum atomic E-state index is 15.2. The Labute approximate surface area is 228 Å². The molecule has 39 heavy (non-hydrogen) atoms. The molecule has 0 radical (unpaired) electrons. The van der Waals surface area contributed by atoms with Crippen LogP contribution in [-0.2, 0) is 17.8 Å². The monoisotopic (exact) mass is 521 g/mol. The second kappa shape index (κ2) is 10.2. The summed E-state index contributed by atoms with van der Waals surface area (Å²) in [5.74, 6) is -0.738. The van der Waals surface area contributed by atoms with Crippen LogP contribution < -0.4 is 4.90 Å². The maximum Gasteiger partial charge on any atom is 0.328 e. The van der Waals surface area contributed by atoms with Crippen LogP contribution in [0.2, 0.25) is 0 Å². The Kier molecular flexibility index (Phi) is 6.55. The van der Waals surface area contributed by atoms with Crippen molar-refractivity contribution < 1.29 is 14.3 Å². The summed E-state index contributed by atoms with van der Waals surface area (Å²) >= 11 is 0. The van der Waals surface area contributed by atoms with E-state index in [4.69, 9.17) is 5.11 Å². The van der Waals surface area contributed by atoms with Gasteiger partial charge in [-0.15, -0.1) is 0 Å². The number of aliphatic carboxylic acids is 1. The Morgan fingerprint density at radius 3 is 2.49 bits per heavy atom. The Hall–Kier alpha value is -4.19. The van der Waals surface area contributed by atoms with Gasteiger partial charge in [-0.3, -0.25) is 4.68 Å². The first kappa shape index (κ1) is 25.1. The van der Waals surface area contributed by atoms with Crippen molar-refractivity contribution in [3.8, 4) is 11.1 Å². The zero-order chi connectivity index (χ0) is 27.1. The van der Waals surface area contributed by atoms with Gasteiger partial charge in [0.2, 0.25) is 0 Å². The van der Waals surface area contributed by atoms with Gasteiger partial charge in [-0.05, 0) is 90.6 Å². The Balaban J connectivity index is 1.43. The zero-order valence-corrected chi connectivity index (χ0v) is 22.2.